The van der Waals surface area contributed by atoms with Crippen molar-refractivity contribution in [3.8, 4) is 0 Å². The average Bonchev–Trinajstić information content (AvgIpc) is 3.37. The van der Waals surface area contributed by atoms with Gasteiger partial charge in [-0.25, -0.2) is 0 Å². The summed E-state index contributed by atoms with van der Waals surface area (Å²) >= 11 is 6.04. The molecule has 0 radical (unpaired) electrons. The summed E-state index contributed by atoms with van der Waals surface area (Å²) in [5, 5.41) is 12.8. The molecule has 0 atom stereocenters. The Morgan fingerprint density at radius 1 is 1.13 bits per heavy atom. The summed E-state index contributed by atoms with van der Waals surface area (Å²) in [7, 11) is 0. The van der Waals surface area contributed by atoms with Crippen molar-refractivity contribution in [3.63, 3.8) is 0 Å². The predicted molar refractivity (Wildman–Crippen MR) is 91.4 cm³/mol. The van der Waals surface area contributed by atoms with Crippen molar-refractivity contribution in [2.75, 3.05) is 6.54 Å². The lowest BCUT2D eigenvalue weighted by molar-refractivity contribution is -0.123. The van der Waals surface area contributed by atoms with E-state index in [9.17, 15) is 4.79 Å². The third kappa shape index (κ3) is 3.57. The van der Waals surface area contributed by atoms with Crippen molar-refractivity contribution in [1.29, 1.82) is 0 Å². The molecule has 120 valence electrons. The molecule has 1 aliphatic carbocycles. The van der Waals surface area contributed by atoms with E-state index in [1.807, 2.05) is 48.5 Å². The molecular formula is C19H20ClNO2. The fourth-order valence-corrected chi connectivity index (χ4v) is 3.05. The van der Waals surface area contributed by atoms with E-state index < -0.39 is 0 Å². The molecule has 1 saturated carbocycles. The van der Waals surface area contributed by atoms with Gasteiger partial charge in [-0.15, -0.1) is 0 Å². The lowest BCUT2D eigenvalue weighted by atomic mass is 9.95. The van der Waals surface area contributed by atoms with Crippen LogP contribution in [0.25, 0.3) is 0 Å². The van der Waals surface area contributed by atoms with E-state index in [1.54, 1.807) is 0 Å². The summed E-state index contributed by atoms with van der Waals surface area (Å²) in [5.41, 5.74) is 2.67. The van der Waals surface area contributed by atoms with Gasteiger partial charge in [-0.1, -0.05) is 48.0 Å². The van der Waals surface area contributed by atoms with Gasteiger partial charge in [-0.3, -0.25) is 4.79 Å². The third-order valence-corrected chi connectivity index (χ3v) is 4.70. The van der Waals surface area contributed by atoms with E-state index in [2.05, 4.69) is 5.32 Å². The highest BCUT2D eigenvalue weighted by Gasteiger charge is 2.51. The normalized spacial score (nSPS) is 15.2. The number of rotatable bonds is 6. The van der Waals surface area contributed by atoms with Gasteiger partial charge in [-0.2, -0.15) is 0 Å². The standard InChI is InChI=1S/C19H20ClNO2/c20-17-3-1-2-16(12-17)19(9-10-19)18(23)21-11-8-14-4-6-15(13-22)7-5-14/h1-7,12,22H,8-11,13H2,(H,21,23). The second-order valence-corrected chi connectivity index (χ2v) is 6.51. The Balaban J connectivity index is 1.57. The molecule has 0 heterocycles. The SMILES string of the molecule is O=C(NCCc1ccc(CO)cc1)C1(c2cccc(Cl)c2)CC1. The summed E-state index contributed by atoms with van der Waals surface area (Å²) in [6.45, 7) is 0.665. The molecule has 2 aromatic carbocycles. The second kappa shape index (κ2) is 6.73. The smallest absolute Gasteiger partial charge is 0.230 e. The maximum atomic E-state index is 12.5. The molecule has 0 bridgehead atoms. The fraction of sp³-hybridized carbons (Fsp3) is 0.316. The van der Waals surface area contributed by atoms with E-state index >= 15 is 0 Å². The number of nitrogens with one attached hydrogen (secondary N) is 1. The quantitative estimate of drug-likeness (QED) is 0.855. The van der Waals surface area contributed by atoms with E-state index in [0.29, 0.717) is 11.6 Å². The Labute approximate surface area is 141 Å². The zero-order valence-electron chi connectivity index (χ0n) is 12.9. The zero-order valence-corrected chi connectivity index (χ0v) is 13.6. The van der Waals surface area contributed by atoms with Crippen LogP contribution in [-0.4, -0.2) is 17.6 Å². The highest BCUT2D eigenvalue weighted by Crippen LogP contribution is 2.48. The minimum Gasteiger partial charge on any atom is -0.392 e. The zero-order chi connectivity index (χ0) is 16.3. The van der Waals surface area contributed by atoms with Gasteiger partial charge < -0.3 is 10.4 Å². The molecule has 2 aromatic rings. The number of halogens is 1. The minimum absolute atomic E-state index is 0.0547. The maximum absolute atomic E-state index is 12.5. The number of carbonyl (C=O) groups excluding carboxylic acids is 1. The monoisotopic (exact) mass is 329 g/mol. The molecular weight excluding hydrogens is 310 g/mol. The number of amides is 1. The topological polar surface area (TPSA) is 49.3 Å². The van der Waals surface area contributed by atoms with Crippen molar-refractivity contribution in [2.24, 2.45) is 0 Å². The first-order valence-corrected chi connectivity index (χ1v) is 8.25. The van der Waals surface area contributed by atoms with Gasteiger partial charge in [0.15, 0.2) is 0 Å². The summed E-state index contributed by atoms with van der Waals surface area (Å²) < 4.78 is 0. The van der Waals surface area contributed by atoms with Crippen molar-refractivity contribution >= 4 is 17.5 Å². The number of hydrogen-bond acceptors (Lipinski definition) is 2. The van der Waals surface area contributed by atoms with E-state index in [-0.39, 0.29) is 17.9 Å². The Hall–Kier alpha value is -1.84. The Morgan fingerprint density at radius 3 is 2.43 bits per heavy atom. The Kier molecular flexibility index (Phi) is 4.69. The summed E-state index contributed by atoms with van der Waals surface area (Å²) in [6.07, 6.45) is 2.54. The average molecular weight is 330 g/mol. The van der Waals surface area contributed by atoms with E-state index in [1.165, 1.54) is 0 Å². The van der Waals surface area contributed by atoms with Gasteiger partial charge in [-0.05, 0) is 48.1 Å². The lowest BCUT2D eigenvalue weighted by Crippen LogP contribution is -2.35. The Bertz CT molecular complexity index is 693. The molecule has 0 unspecified atom stereocenters. The van der Waals surface area contributed by atoms with Gasteiger partial charge in [0, 0.05) is 11.6 Å². The molecule has 23 heavy (non-hydrogen) atoms. The van der Waals surface area contributed by atoms with Crippen LogP contribution in [0.3, 0.4) is 0 Å². The highest BCUT2D eigenvalue weighted by atomic mass is 35.5. The number of aliphatic hydroxyl groups excluding tert-OH is 1. The molecule has 1 aliphatic rings. The van der Waals surface area contributed by atoms with Gasteiger partial charge in [0.05, 0.1) is 12.0 Å². The summed E-state index contributed by atoms with van der Waals surface area (Å²) in [6, 6.07) is 15.4. The van der Waals surface area contributed by atoms with Crippen molar-refractivity contribution < 1.29 is 9.90 Å². The third-order valence-electron chi connectivity index (χ3n) is 4.47. The molecule has 3 rings (SSSR count). The molecule has 3 nitrogen and oxygen atoms in total. The molecule has 4 heteroatoms. The van der Waals surface area contributed by atoms with Crippen LogP contribution in [0.5, 0.6) is 0 Å². The van der Waals surface area contributed by atoms with Crippen molar-refractivity contribution in [1.82, 2.24) is 5.32 Å². The molecule has 0 spiro atoms. The van der Waals surface area contributed by atoms with E-state index in [0.717, 1.165) is 36.0 Å². The van der Waals surface area contributed by atoms with Crippen LogP contribution in [0, 0.1) is 0 Å². The van der Waals surface area contributed by atoms with Crippen LogP contribution < -0.4 is 5.32 Å². The van der Waals surface area contributed by atoms with Crippen LogP contribution in [-0.2, 0) is 23.2 Å². The first-order chi connectivity index (χ1) is 11.1. The molecule has 1 amide bonds. The van der Waals surface area contributed by atoms with Gasteiger partial charge in [0.2, 0.25) is 5.91 Å². The molecule has 0 aromatic heterocycles. The van der Waals surface area contributed by atoms with Crippen LogP contribution in [0.15, 0.2) is 48.5 Å². The van der Waals surface area contributed by atoms with Crippen LogP contribution in [0.2, 0.25) is 5.02 Å². The lowest BCUT2D eigenvalue weighted by Gasteiger charge is -2.16. The van der Waals surface area contributed by atoms with Gasteiger partial charge >= 0.3 is 0 Å². The van der Waals surface area contributed by atoms with Crippen LogP contribution in [0.4, 0.5) is 0 Å². The number of hydrogen-bond donors (Lipinski definition) is 2. The van der Waals surface area contributed by atoms with E-state index in [4.69, 9.17) is 16.7 Å². The van der Waals surface area contributed by atoms with Gasteiger partial charge in [0.25, 0.3) is 0 Å². The molecule has 1 fully saturated rings. The first-order valence-electron chi connectivity index (χ1n) is 7.87. The largest absolute Gasteiger partial charge is 0.392 e. The highest BCUT2D eigenvalue weighted by molar-refractivity contribution is 6.30. The minimum atomic E-state index is -0.383. The number of aliphatic hydroxyl groups is 1. The maximum Gasteiger partial charge on any atom is 0.230 e. The Morgan fingerprint density at radius 2 is 1.83 bits per heavy atom. The molecule has 0 aliphatic heterocycles. The first kappa shape index (κ1) is 16.0. The van der Waals surface area contributed by atoms with Gasteiger partial charge in [0.1, 0.15) is 0 Å². The summed E-state index contributed by atoms with van der Waals surface area (Å²) in [4.78, 5) is 12.5. The van der Waals surface area contributed by atoms with Crippen LogP contribution >= 0.6 is 11.6 Å². The fourth-order valence-electron chi connectivity index (χ4n) is 2.86. The molecule has 0 saturated heterocycles. The predicted octanol–water partition coefficient (Wildman–Crippen LogP) is 3.22. The number of benzene rings is 2. The van der Waals surface area contributed by atoms with Crippen molar-refractivity contribution in [2.45, 2.75) is 31.3 Å². The molecule has 2 N–H and O–H groups in total. The summed E-state index contributed by atoms with van der Waals surface area (Å²) in [5.74, 6) is 0.0896. The van der Waals surface area contributed by atoms with Crippen LogP contribution in [0.1, 0.15) is 29.5 Å². The van der Waals surface area contributed by atoms with Crippen molar-refractivity contribution in [3.05, 3.63) is 70.2 Å². The number of carbonyl (C=O) groups is 1. The second-order valence-electron chi connectivity index (χ2n) is 6.07.